The lowest BCUT2D eigenvalue weighted by Gasteiger charge is -2.05. The Bertz CT molecular complexity index is 502. The van der Waals surface area contributed by atoms with E-state index in [-0.39, 0.29) is 0 Å². The Morgan fingerprint density at radius 1 is 1.25 bits per heavy atom. The first-order chi connectivity index (χ1) is 7.72. The minimum absolute atomic E-state index is 0.508. The van der Waals surface area contributed by atoms with Gasteiger partial charge in [-0.1, -0.05) is 11.6 Å². The second kappa shape index (κ2) is 4.97. The van der Waals surface area contributed by atoms with Crippen LogP contribution in [0, 0.1) is 3.57 Å². The summed E-state index contributed by atoms with van der Waals surface area (Å²) in [6, 6.07) is 5.68. The fourth-order valence-electron chi connectivity index (χ4n) is 1.30. The molecule has 0 aliphatic rings. The van der Waals surface area contributed by atoms with Crippen LogP contribution in [0.4, 0.5) is 0 Å². The Morgan fingerprint density at radius 2 is 2.06 bits per heavy atom. The van der Waals surface area contributed by atoms with Crippen molar-refractivity contribution in [3.63, 3.8) is 0 Å². The molecule has 82 valence electrons. The third kappa shape index (κ3) is 2.27. The maximum absolute atomic E-state index is 5.96. The molecular formula is C11H8ClIN2O. The zero-order valence-corrected chi connectivity index (χ0v) is 11.4. The molecule has 2 rings (SSSR count). The van der Waals surface area contributed by atoms with Gasteiger partial charge in [0.15, 0.2) is 0 Å². The number of halogens is 2. The molecule has 0 spiro atoms. The maximum atomic E-state index is 5.96. The van der Waals surface area contributed by atoms with Crippen LogP contribution < -0.4 is 4.74 Å². The summed E-state index contributed by atoms with van der Waals surface area (Å²) < 4.78 is 5.93. The molecule has 0 unspecified atom stereocenters. The van der Waals surface area contributed by atoms with E-state index in [0.717, 1.165) is 14.7 Å². The van der Waals surface area contributed by atoms with E-state index in [9.17, 15) is 0 Å². The number of hydrogen-bond donors (Lipinski definition) is 0. The second-order valence-corrected chi connectivity index (χ2v) is 4.49. The zero-order valence-electron chi connectivity index (χ0n) is 8.45. The second-order valence-electron chi connectivity index (χ2n) is 3.05. The molecule has 3 nitrogen and oxygen atoms in total. The molecule has 0 saturated heterocycles. The van der Waals surface area contributed by atoms with E-state index in [0.29, 0.717) is 11.0 Å². The number of nitrogens with zero attached hydrogens (tertiary/aromatic N) is 2. The standard InChI is InChI=1S/C11H8ClIN2O/c1-16-9-3-2-7(6-15-9)8-4-5-14-11(12)10(8)13/h2-6H,1H3. The van der Waals surface area contributed by atoms with Crippen LogP contribution in [0.3, 0.4) is 0 Å². The SMILES string of the molecule is COc1ccc(-c2ccnc(Cl)c2I)cn1. The lowest BCUT2D eigenvalue weighted by molar-refractivity contribution is 0.398. The predicted octanol–water partition coefficient (Wildman–Crippen LogP) is 3.41. The van der Waals surface area contributed by atoms with Crippen LogP contribution in [0.25, 0.3) is 11.1 Å². The molecule has 0 aliphatic heterocycles. The van der Waals surface area contributed by atoms with Crippen LogP contribution in [0.1, 0.15) is 0 Å². The van der Waals surface area contributed by atoms with Crippen LogP contribution in [-0.2, 0) is 0 Å². The van der Waals surface area contributed by atoms with E-state index in [2.05, 4.69) is 32.6 Å². The molecule has 0 radical (unpaired) electrons. The van der Waals surface area contributed by atoms with E-state index >= 15 is 0 Å². The van der Waals surface area contributed by atoms with Crippen molar-refractivity contribution in [1.82, 2.24) is 9.97 Å². The summed E-state index contributed by atoms with van der Waals surface area (Å²) in [5.74, 6) is 0.596. The van der Waals surface area contributed by atoms with Gasteiger partial charge >= 0.3 is 0 Å². The van der Waals surface area contributed by atoms with Gasteiger partial charge < -0.3 is 4.74 Å². The molecule has 0 amide bonds. The summed E-state index contributed by atoms with van der Waals surface area (Å²) in [5.41, 5.74) is 2.02. The number of rotatable bonds is 2. The van der Waals surface area contributed by atoms with Crippen molar-refractivity contribution >= 4 is 34.2 Å². The monoisotopic (exact) mass is 346 g/mol. The fourth-order valence-corrected chi connectivity index (χ4v) is 2.09. The van der Waals surface area contributed by atoms with E-state index in [4.69, 9.17) is 16.3 Å². The maximum Gasteiger partial charge on any atom is 0.212 e. The topological polar surface area (TPSA) is 35.0 Å². The van der Waals surface area contributed by atoms with E-state index in [1.807, 2.05) is 18.2 Å². The summed E-state index contributed by atoms with van der Waals surface area (Å²) >= 11 is 8.13. The molecule has 2 aromatic heterocycles. The highest BCUT2D eigenvalue weighted by Crippen LogP contribution is 2.28. The van der Waals surface area contributed by atoms with Crippen molar-refractivity contribution in [2.24, 2.45) is 0 Å². The Hall–Kier alpha value is -0.880. The van der Waals surface area contributed by atoms with Gasteiger partial charge in [-0.3, -0.25) is 0 Å². The normalized spacial score (nSPS) is 10.2. The lowest BCUT2D eigenvalue weighted by Crippen LogP contribution is -1.90. The molecule has 0 bridgehead atoms. The Morgan fingerprint density at radius 3 is 2.69 bits per heavy atom. The average molecular weight is 347 g/mol. The molecule has 2 heterocycles. The van der Waals surface area contributed by atoms with Crippen LogP contribution in [0.2, 0.25) is 5.15 Å². The van der Waals surface area contributed by atoms with Gasteiger partial charge in [-0.15, -0.1) is 0 Å². The number of pyridine rings is 2. The van der Waals surface area contributed by atoms with Crippen molar-refractivity contribution in [2.45, 2.75) is 0 Å². The van der Waals surface area contributed by atoms with Crippen LogP contribution in [0.15, 0.2) is 30.6 Å². The van der Waals surface area contributed by atoms with Gasteiger partial charge in [0.05, 0.1) is 10.7 Å². The van der Waals surface area contributed by atoms with Gasteiger partial charge in [-0.05, 0) is 34.7 Å². The molecule has 0 aliphatic carbocycles. The third-order valence-corrected chi connectivity index (χ3v) is 3.80. The smallest absolute Gasteiger partial charge is 0.212 e. The molecule has 0 saturated carbocycles. The Labute approximate surface area is 112 Å². The number of hydrogen-bond acceptors (Lipinski definition) is 3. The van der Waals surface area contributed by atoms with Gasteiger partial charge in [0.1, 0.15) is 5.15 Å². The summed E-state index contributed by atoms with van der Waals surface area (Å²) in [6.07, 6.45) is 3.44. The molecule has 0 aromatic carbocycles. The van der Waals surface area contributed by atoms with Gasteiger partial charge in [0, 0.05) is 29.6 Å². The number of ether oxygens (including phenoxy) is 1. The Balaban J connectivity index is 2.46. The van der Waals surface area contributed by atoms with Crippen molar-refractivity contribution in [3.05, 3.63) is 39.3 Å². The predicted molar refractivity (Wildman–Crippen MR) is 71.7 cm³/mol. The highest BCUT2D eigenvalue weighted by molar-refractivity contribution is 14.1. The molecular weight excluding hydrogens is 338 g/mol. The average Bonchev–Trinajstić information content (AvgIpc) is 2.33. The molecule has 2 aromatic rings. The van der Waals surface area contributed by atoms with Gasteiger partial charge in [0.2, 0.25) is 5.88 Å². The Kier molecular flexibility index (Phi) is 3.60. The van der Waals surface area contributed by atoms with Gasteiger partial charge in [-0.2, -0.15) is 0 Å². The first-order valence-corrected chi connectivity index (χ1v) is 5.98. The minimum atomic E-state index is 0.508. The third-order valence-electron chi connectivity index (χ3n) is 2.10. The van der Waals surface area contributed by atoms with Crippen molar-refractivity contribution in [3.8, 4) is 17.0 Å². The summed E-state index contributed by atoms with van der Waals surface area (Å²) in [6.45, 7) is 0. The van der Waals surface area contributed by atoms with Crippen molar-refractivity contribution in [2.75, 3.05) is 7.11 Å². The van der Waals surface area contributed by atoms with E-state index < -0.39 is 0 Å². The molecule has 0 atom stereocenters. The lowest BCUT2D eigenvalue weighted by atomic mass is 10.1. The highest BCUT2D eigenvalue weighted by atomic mass is 127. The quantitative estimate of drug-likeness (QED) is 0.617. The minimum Gasteiger partial charge on any atom is -0.481 e. The highest BCUT2D eigenvalue weighted by Gasteiger charge is 2.07. The van der Waals surface area contributed by atoms with Crippen LogP contribution in [0.5, 0.6) is 5.88 Å². The summed E-state index contributed by atoms with van der Waals surface area (Å²) in [7, 11) is 1.59. The van der Waals surface area contributed by atoms with Crippen molar-refractivity contribution in [1.29, 1.82) is 0 Å². The van der Waals surface area contributed by atoms with Crippen LogP contribution in [-0.4, -0.2) is 17.1 Å². The van der Waals surface area contributed by atoms with Gasteiger partial charge in [-0.25, -0.2) is 9.97 Å². The van der Waals surface area contributed by atoms with E-state index in [1.54, 1.807) is 19.5 Å². The molecule has 5 heteroatoms. The summed E-state index contributed by atoms with van der Waals surface area (Å²) in [5, 5.41) is 0.508. The number of aromatic nitrogens is 2. The first-order valence-electron chi connectivity index (χ1n) is 4.53. The molecule has 0 N–H and O–H groups in total. The molecule has 0 fully saturated rings. The largest absolute Gasteiger partial charge is 0.481 e. The molecule has 16 heavy (non-hydrogen) atoms. The fraction of sp³-hybridized carbons (Fsp3) is 0.0909. The van der Waals surface area contributed by atoms with Gasteiger partial charge in [0.25, 0.3) is 0 Å². The zero-order chi connectivity index (χ0) is 11.5. The number of methoxy groups -OCH3 is 1. The van der Waals surface area contributed by atoms with Crippen LogP contribution >= 0.6 is 34.2 Å². The van der Waals surface area contributed by atoms with Crippen molar-refractivity contribution < 1.29 is 4.74 Å². The first kappa shape index (κ1) is 11.6. The van der Waals surface area contributed by atoms with E-state index in [1.165, 1.54) is 0 Å². The summed E-state index contributed by atoms with van der Waals surface area (Å²) in [4.78, 5) is 8.17.